The molecule has 0 unspecified atom stereocenters. The number of carbonyl (C=O) groups is 2. The first-order valence-corrected chi connectivity index (χ1v) is 21.4. The van der Waals surface area contributed by atoms with Crippen molar-refractivity contribution in [2.75, 3.05) is 26.4 Å². The monoisotopic (exact) mass is 753 g/mol. The summed E-state index contributed by atoms with van der Waals surface area (Å²) in [6.45, 7) is 3.08. The van der Waals surface area contributed by atoms with Crippen molar-refractivity contribution < 1.29 is 50.4 Å². The smallest absolute Gasteiger partial charge is 0.303 e. The highest BCUT2D eigenvalue weighted by molar-refractivity contribution is 5.66. The zero-order valence-corrected chi connectivity index (χ0v) is 34.0. The molecule has 0 aliphatic heterocycles. The van der Waals surface area contributed by atoms with Crippen LogP contribution in [0.3, 0.4) is 0 Å². The average Bonchev–Trinajstić information content (AvgIpc) is 3.14. The van der Waals surface area contributed by atoms with E-state index in [1.54, 1.807) is 0 Å². The summed E-state index contributed by atoms with van der Waals surface area (Å²) in [4.78, 5) is 20.7. The average molecular weight is 753 g/mol. The van der Waals surface area contributed by atoms with Gasteiger partial charge in [-0.3, -0.25) is 9.59 Å². The largest absolute Gasteiger partial charge is 0.481 e. The number of hydrogen-bond donors (Lipinski definition) is 8. The molecule has 10 heteroatoms. The molecule has 52 heavy (non-hydrogen) atoms. The van der Waals surface area contributed by atoms with Gasteiger partial charge in [0, 0.05) is 12.8 Å². The minimum absolute atomic E-state index is 0.345. The van der Waals surface area contributed by atoms with Gasteiger partial charge in [-0.2, -0.15) is 0 Å². The van der Waals surface area contributed by atoms with Gasteiger partial charge in [0.1, 0.15) is 12.2 Å². The molecule has 0 saturated carbocycles. The van der Waals surface area contributed by atoms with Crippen molar-refractivity contribution >= 4 is 11.9 Å². The lowest BCUT2D eigenvalue weighted by molar-refractivity contribution is -0.138. The molecule has 0 bridgehead atoms. The van der Waals surface area contributed by atoms with Crippen molar-refractivity contribution in [1.82, 2.24) is 0 Å². The molecule has 0 atom stereocenters. The second kappa shape index (κ2) is 54.0. The molecule has 0 aliphatic rings. The van der Waals surface area contributed by atoms with Crippen molar-refractivity contribution in [3.8, 4) is 0 Å². The second-order valence-electron chi connectivity index (χ2n) is 14.2. The highest BCUT2D eigenvalue weighted by Crippen LogP contribution is 2.15. The van der Waals surface area contributed by atoms with Gasteiger partial charge in [-0.25, -0.2) is 0 Å². The number of aliphatic hydroxyl groups excluding tert-OH is 6. The Balaban J connectivity index is -0.000000337. The molecule has 0 amide bonds. The molecule has 316 valence electrons. The van der Waals surface area contributed by atoms with Gasteiger partial charge in [0.2, 0.25) is 0 Å². The third-order valence-corrected chi connectivity index (χ3v) is 8.83. The third-order valence-electron chi connectivity index (χ3n) is 8.83. The van der Waals surface area contributed by atoms with Crippen LogP contribution in [0.4, 0.5) is 0 Å². The summed E-state index contributed by atoms with van der Waals surface area (Å²) < 4.78 is 0. The van der Waals surface area contributed by atoms with Gasteiger partial charge in [-0.1, -0.05) is 194 Å². The van der Waals surface area contributed by atoms with Crippen LogP contribution in [-0.2, 0) is 9.59 Å². The summed E-state index contributed by atoms with van der Waals surface area (Å²) in [6, 6.07) is 0. The molecule has 0 aromatic rings. The third kappa shape index (κ3) is 66.9. The first-order valence-electron chi connectivity index (χ1n) is 21.4. The van der Waals surface area contributed by atoms with Crippen LogP contribution in [0.2, 0.25) is 0 Å². The topological polar surface area (TPSA) is 196 Å². The fraction of sp³-hybridized carbons (Fsp3) is 0.952. The van der Waals surface area contributed by atoms with Crippen LogP contribution >= 0.6 is 0 Å². The maximum atomic E-state index is 10.3. The van der Waals surface area contributed by atoms with E-state index in [1.807, 2.05) is 0 Å². The first kappa shape index (κ1) is 57.4. The molecule has 0 saturated heterocycles. The van der Waals surface area contributed by atoms with Gasteiger partial charge in [0.15, 0.2) is 0 Å². The van der Waals surface area contributed by atoms with Gasteiger partial charge in [-0.15, -0.1) is 0 Å². The lowest BCUT2D eigenvalue weighted by Crippen LogP contribution is -2.15. The summed E-state index contributed by atoms with van der Waals surface area (Å²) in [5, 5.41) is 65.1. The Morgan fingerprint density at radius 2 is 0.481 bits per heavy atom. The van der Waals surface area contributed by atoms with Gasteiger partial charge >= 0.3 is 11.9 Å². The zero-order valence-electron chi connectivity index (χ0n) is 34.0. The summed E-state index contributed by atoms with van der Waals surface area (Å²) in [5.41, 5.74) is 0. The number of aliphatic hydroxyl groups is 6. The Morgan fingerprint density at radius 3 is 0.596 bits per heavy atom. The Labute approximate surface area is 319 Å². The number of unbranched alkanes of at least 4 members (excludes halogenated alkanes) is 28. The Kier molecular flexibility index (Phi) is 59.7. The standard InChI is InChI=1S/2C18H36O2.2C3H8O3/c2*1-2-3-4-5-6-7-8-9-10-11-12-13-14-15-16-17-18(19)20;2*4-1-3(6)2-5/h2*2-17H2,1H3,(H,19,20);2*3-6H,1-2H2. The molecule has 0 heterocycles. The molecular weight excluding hydrogens is 664 g/mol. The van der Waals surface area contributed by atoms with Crippen LogP contribution < -0.4 is 0 Å². The number of hydrogen-bond acceptors (Lipinski definition) is 8. The molecule has 0 aliphatic carbocycles. The summed E-state index contributed by atoms with van der Waals surface area (Å²) in [6.07, 6.45) is 38.5. The maximum absolute atomic E-state index is 10.3. The van der Waals surface area contributed by atoms with E-state index in [2.05, 4.69) is 13.8 Å². The van der Waals surface area contributed by atoms with Gasteiger partial charge in [-0.05, 0) is 12.8 Å². The summed E-state index contributed by atoms with van der Waals surface area (Å²) >= 11 is 0. The van der Waals surface area contributed by atoms with E-state index in [0.29, 0.717) is 12.8 Å². The SMILES string of the molecule is CCCCCCCCCCCCCCCCCC(=O)O.CCCCCCCCCCCCCCCCCC(=O)O.OCC(O)CO.OCC(O)CO. The minimum Gasteiger partial charge on any atom is -0.481 e. The van der Waals surface area contributed by atoms with Crippen LogP contribution in [0.1, 0.15) is 219 Å². The molecule has 0 fully saturated rings. The predicted octanol–water partition coefficient (Wildman–Crippen LogP) is 9.33. The first-order chi connectivity index (χ1) is 25.2. The van der Waals surface area contributed by atoms with E-state index in [-0.39, 0.29) is 26.4 Å². The quantitative estimate of drug-likeness (QED) is 0.0286. The Hall–Kier alpha value is -1.30. The fourth-order valence-corrected chi connectivity index (χ4v) is 5.41. The van der Waals surface area contributed by atoms with Gasteiger partial charge in [0.05, 0.1) is 26.4 Å². The normalized spacial score (nSPS) is 10.7. The van der Waals surface area contributed by atoms with Crippen LogP contribution in [-0.4, -0.2) is 91.4 Å². The zero-order chi connectivity index (χ0) is 39.8. The number of aliphatic carboxylic acids is 2. The lowest BCUT2D eigenvalue weighted by Gasteiger charge is -2.03. The van der Waals surface area contributed by atoms with E-state index in [4.69, 9.17) is 40.9 Å². The van der Waals surface area contributed by atoms with Crippen LogP contribution in [0.5, 0.6) is 0 Å². The van der Waals surface area contributed by atoms with Crippen LogP contribution in [0.25, 0.3) is 0 Å². The minimum atomic E-state index is -0.954. The predicted molar refractivity (Wildman–Crippen MR) is 215 cm³/mol. The van der Waals surface area contributed by atoms with E-state index < -0.39 is 24.1 Å². The van der Waals surface area contributed by atoms with Crippen molar-refractivity contribution in [2.45, 2.75) is 232 Å². The van der Waals surface area contributed by atoms with Gasteiger partial charge in [0.25, 0.3) is 0 Å². The fourth-order valence-electron chi connectivity index (χ4n) is 5.41. The van der Waals surface area contributed by atoms with Crippen LogP contribution in [0.15, 0.2) is 0 Å². The lowest BCUT2D eigenvalue weighted by atomic mass is 10.0. The van der Waals surface area contributed by atoms with Crippen molar-refractivity contribution in [2.24, 2.45) is 0 Å². The van der Waals surface area contributed by atoms with Crippen molar-refractivity contribution in [3.63, 3.8) is 0 Å². The summed E-state index contributed by atoms with van der Waals surface area (Å²) in [7, 11) is 0. The Morgan fingerprint density at radius 1 is 0.327 bits per heavy atom. The number of carboxylic acid groups (broad SMARTS) is 2. The Bertz CT molecular complexity index is 588. The molecule has 0 rings (SSSR count). The molecule has 10 nitrogen and oxygen atoms in total. The second-order valence-corrected chi connectivity index (χ2v) is 14.2. The van der Waals surface area contributed by atoms with E-state index in [1.165, 1.54) is 167 Å². The molecular formula is C42H88O10. The molecule has 0 spiro atoms. The summed E-state index contributed by atoms with van der Waals surface area (Å²) in [5.74, 6) is -1.31. The molecule has 0 radical (unpaired) electrons. The van der Waals surface area contributed by atoms with Gasteiger partial charge < -0.3 is 40.9 Å². The highest BCUT2D eigenvalue weighted by atomic mass is 16.4. The van der Waals surface area contributed by atoms with E-state index in [0.717, 1.165) is 25.7 Å². The molecule has 0 aromatic carbocycles. The van der Waals surface area contributed by atoms with Crippen molar-refractivity contribution in [1.29, 1.82) is 0 Å². The number of rotatable bonds is 36. The highest BCUT2D eigenvalue weighted by Gasteiger charge is 1.99. The van der Waals surface area contributed by atoms with E-state index in [9.17, 15) is 9.59 Å². The number of carboxylic acids is 2. The van der Waals surface area contributed by atoms with E-state index >= 15 is 0 Å². The molecule has 8 N–H and O–H groups in total. The maximum Gasteiger partial charge on any atom is 0.303 e. The van der Waals surface area contributed by atoms with Crippen LogP contribution in [0, 0.1) is 0 Å². The van der Waals surface area contributed by atoms with Crippen molar-refractivity contribution in [3.05, 3.63) is 0 Å². The molecule has 0 aromatic heterocycles.